The van der Waals surface area contributed by atoms with Crippen molar-refractivity contribution in [3.63, 3.8) is 0 Å². The second-order valence-corrected chi connectivity index (χ2v) is 5.01. The number of ether oxygens (including phenoxy) is 1. The first-order valence-electron chi connectivity index (χ1n) is 6.04. The number of nitrogen functional groups attached to an aromatic ring is 1. The SMILES string of the molecule is Nc1ccc(Cl)cc1-c1cccc(OC2CC2)c1. The van der Waals surface area contributed by atoms with Gasteiger partial charge < -0.3 is 10.5 Å². The highest BCUT2D eigenvalue weighted by Gasteiger charge is 2.23. The summed E-state index contributed by atoms with van der Waals surface area (Å²) in [7, 11) is 0. The first-order chi connectivity index (χ1) is 8.72. The number of nitrogens with two attached hydrogens (primary N) is 1. The average Bonchev–Trinajstić information content (AvgIpc) is 3.16. The molecule has 2 aromatic rings. The van der Waals surface area contributed by atoms with Crippen molar-refractivity contribution in [2.45, 2.75) is 18.9 Å². The molecule has 0 aliphatic heterocycles. The number of benzene rings is 2. The fourth-order valence-electron chi connectivity index (χ4n) is 1.89. The van der Waals surface area contributed by atoms with E-state index < -0.39 is 0 Å². The average molecular weight is 260 g/mol. The largest absolute Gasteiger partial charge is 0.490 e. The van der Waals surface area contributed by atoms with Crippen LogP contribution in [0.1, 0.15) is 12.8 Å². The van der Waals surface area contributed by atoms with Crippen LogP contribution in [0.5, 0.6) is 5.75 Å². The maximum absolute atomic E-state index is 6.01. The molecule has 0 unspecified atom stereocenters. The topological polar surface area (TPSA) is 35.2 Å². The summed E-state index contributed by atoms with van der Waals surface area (Å²) in [5.74, 6) is 0.898. The van der Waals surface area contributed by atoms with E-state index >= 15 is 0 Å². The second kappa shape index (κ2) is 4.54. The van der Waals surface area contributed by atoms with Gasteiger partial charge in [-0.1, -0.05) is 23.7 Å². The summed E-state index contributed by atoms with van der Waals surface area (Å²) in [4.78, 5) is 0. The molecule has 3 rings (SSSR count). The van der Waals surface area contributed by atoms with Gasteiger partial charge in [0.25, 0.3) is 0 Å². The number of anilines is 1. The van der Waals surface area contributed by atoms with E-state index in [0.717, 1.165) is 35.4 Å². The first-order valence-corrected chi connectivity index (χ1v) is 6.42. The third kappa shape index (κ3) is 2.44. The normalized spacial score (nSPS) is 14.5. The number of halogens is 1. The van der Waals surface area contributed by atoms with Gasteiger partial charge >= 0.3 is 0 Å². The van der Waals surface area contributed by atoms with Crippen LogP contribution in [0.3, 0.4) is 0 Å². The number of hydrogen-bond acceptors (Lipinski definition) is 2. The predicted molar refractivity (Wildman–Crippen MR) is 75.0 cm³/mol. The van der Waals surface area contributed by atoms with Crippen LogP contribution in [0.15, 0.2) is 42.5 Å². The van der Waals surface area contributed by atoms with Gasteiger partial charge in [-0.15, -0.1) is 0 Å². The fourth-order valence-corrected chi connectivity index (χ4v) is 2.07. The summed E-state index contributed by atoms with van der Waals surface area (Å²) in [6, 6.07) is 13.5. The lowest BCUT2D eigenvalue weighted by Crippen LogP contribution is -1.96. The zero-order valence-electron chi connectivity index (χ0n) is 9.90. The Morgan fingerprint density at radius 2 is 1.94 bits per heavy atom. The van der Waals surface area contributed by atoms with Gasteiger partial charge in [-0.05, 0) is 48.7 Å². The standard InChI is InChI=1S/C15H14ClNO/c16-11-4-7-15(17)14(9-11)10-2-1-3-13(8-10)18-12-5-6-12/h1-4,7-9,12H,5-6,17H2. The van der Waals surface area contributed by atoms with Crippen LogP contribution >= 0.6 is 11.6 Å². The molecule has 0 heterocycles. The highest BCUT2D eigenvalue weighted by molar-refractivity contribution is 6.31. The summed E-state index contributed by atoms with van der Waals surface area (Å²) in [6.45, 7) is 0. The van der Waals surface area contributed by atoms with Crippen molar-refractivity contribution in [3.05, 3.63) is 47.5 Å². The Morgan fingerprint density at radius 1 is 1.11 bits per heavy atom. The number of hydrogen-bond donors (Lipinski definition) is 1. The van der Waals surface area contributed by atoms with Gasteiger partial charge in [-0.2, -0.15) is 0 Å². The molecule has 2 N–H and O–H groups in total. The Bertz CT molecular complexity index is 578. The molecular weight excluding hydrogens is 246 g/mol. The van der Waals surface area contributed by atoms with Gasteiger partial charge in [0.15, 0.2) is 0 Å². The van der Waals surface area contributed by atoms with Crippen molar-refractivity contribution in [2.24, 2.45) is 0 Å². The lowest BCUT2D eigenvalue weighted by Gasteiger charge is -2.09. The van der Waals surface area contributed by atoms with Crippen LogP contribution in [0.2, 0.25) is 5.02 Å². The Morgan fingerprint density at radius 3 is 2.72 bits per heavy atom. The van der Waals surface area contributed by atoms with E-state index in [1.807, 2.05) is 36.4 Å². The predicted octanol–water partition coefficient (Wildman–Crippen LogP) is 4.13. The molecule has 1 fully saturated rings. The van der Waals surface area contributed by atoms with E-state index in [4.69, 9.17) is 22.1 Å². The molecule has 1 aliphatic rings. The molecule has 1 saturated carbocycles. The molecule has 0 spiro atoms. The Balaban J connectivity index is 1.96. The zero-order chi connectivity index (χ0) is 12.5. The van der Waals surface area contributed by atoms with Crippen LogP contribution in [-0.4, -0.2) is 6.10 Å². The van der Waals surface area contributed by atoms with Gasteiger partial charge in [0.1, 0.15) is 5.75 Å². The van der Waals surface area contributed by atoms with Crippen molar-refractivity contribution in [1.82, 2.24) is 0 Å². The summed E-state index contributed by atoms with van der Waals surface area (Å²) in [5.41, 5.74) is 8.69. The first kappa shape index (κ1) is 11.4. The van der Waals surface area contributed by atoms with Crippen LogP contribution in [0, 0.1) is 0 Å². The third-order valence-electron chi connectivity index (χ3n) is 2.99. The summed E-state index contributed by atoms with van der Waals surface area (Å²) < 4.78 is 5.78. The zero-order valence-corrected chi connectivity index (χ0v) is 10.7. The third-order valence-corrected chi connectivity index (χ3v) is 3.22. The fraction of sp³-hybridized carbons (Fsp3) is 0.200. The molecule has 0 aromatic heterocycles. The van der Waals surface area contributed by atoms with E-state index in [9.17, 15) is 0 Å². The van der Waals surface area contributed by atoms with Gasteiger partial charge in [0, 0.05) is 16.3 Å². The number of rotatable bonds is 3. The Kier molecular flexibility index (Phi) is 2.88. The van der Waals surface area contributed by atoms with E-state index in [-0.39, 0.29) is 0 Å². The monoisotopic (exact) mass is 259 g/mol. The molecule has 18 heavy (non-hydrogen) atoms. The summed E-state index contributed by atoms with van der Waals surface area (Å²) >= 11 is 6.01. The highest BCUT2D eigenvalue weighted by Crippen LogP contribution is 2.33. The van der Waals surface area contributed by atoms with Gasteiger partial charge in [0.2, 0.25) is 0 Å². The molecule has 2 nitrogen and oxygen atoms in total. The lowest BCUT2D eigenvalue weighted by atomic mass is 10.0. The Labute approximate surface area is 111 Å². The van der Waals surface area contributed by atoms with Crippen molar-refractivity contribution in [3.8, 4) is 16.9 Å². The second-order valence-electron chi connectivity index (χ2n) is 4.58. The molecule has 0 amide bonds. The Hall–Kier alpha value is -1.67. The van der Waals surface area contributed by atoms with E-state index in [1.54, 1.807) is 6.07 Å². The smallest absolute Gasteiger partial charge is 0.120 e. The van der Waals surface area contributed by atoms with Crippen molar-refractivity contribution in [2.75, 3.05) is 5.73 Å². The van der Waals surface area contributed by atoms with Crippen molar-refractivity contribution >= 4 is 17.3 Å². The molecule has 0 atom stereocenters. The maximum atomic E-state index is 6.01. The molecule has 1 aliphatic carbocycles. The van der Waals surface area contributed by atoms with Crippen LogP contribution < -0.4 is 10.5 Å². The molecule has 0 saturated heterocycles. The van der Waals surface area contributed by atoms with E-state index in [1.165, 1.54) is 0 Å². The van der Waals surface area contributed by atoms with E-state index in [0.29, 0.717) is 11.1 Å². The lowest BCUT2D eigenvalue weighted by molar-refractivity contribution is 0.303. The van der Waals surface area contributed by atoms with Gasteiger partial charge in [0.05, 0.1) is 6.10 Å². The molecule has 3 heteroatoms. The minimum Gasteiger partial charge on any atom is -0.490 e. The molecule has 92 valence electrons. The van der Waals surface area contributed by atoms with Gasteiger partial charge in [-0.3, -0.25) is 0 Å². The van der Waals surface area contributed by atoms with Gasteiger partial charge in [-0.25, -0.2) is 0 Å². The quantitative estimate of drug-likeness (QED) is 0.841. The minimum absolute atomic E-state index is 0.400. The van der Waals surface area contributed by atoms with Crippen LogP contribution in [-0.2, 0) is 0 Å². The summed E-state index contributed by atoms with van der Waals surface area (Å²) in [6.07, 6.45) is 2.71. The minimum atomic E-state index is 0.400. The highest BCUT2D eigenvalue weighted by atomic mass is 35.5. The van der Waals surface area contributed by atoms with Crippen molar-refractivity contribution in [1.29, 1.82) is 0 Å². The molecule has 0 radical (unpaired) electrons. The molecule has 0 bridgehead atoms. The van der Waals surface area contributed by atoms with E-state index in [2.05, 4.69) is 0 Å². The molecule has 2 aromatic carbocycles. The maximum Gasteiger partial charge on any atom is 0.120 e. The van der Waals surface area contributed by atoms with Crippen LogP contribution in [0.25, 0.3) is 11.1 Å². The van der Waals surface area contributed by atoms with Crippen molar-refractivity contribution < 1.29 is 4.74 Å². The molecular formula is C15H14ClNO. The summed E-state index contributed by atoms with van der Waals surface area (Å²) in [5, 5.41) is 0.688. The van der Waals surface area contributed by atoms with Crippen LogP contribution in [0.4, 0.5) is 5.69 Å².